The molecule has 1 aliphatic rings. The van der Waals surface area contributed by atoms with E-state index in [2.05, 4.69) is 0 Å². The highest BCUT2D eigenvalue weighted by Crippen LogP contribution is 2.43. The van der Waals surface area contributed by atoms with Crippen molar-refractivity contribution in [1.29, 1.82) is 0 Å². The molecule has 1 aromatic carbocycles. The van der Waals surface area contributed by atoms with Crippen molar-refractivity contribution in [1.82, 2.24) is 4.90 Å². The van der Waals surface area contributed by atoms with Gasteiger partial charge in [-0.05, 0) is 12.5 Å². The number of nitrogens with zero attached hydrogens (tertiary/aromatic N) is 1. The lowest BCUT2D eigenvalue weighted by Gasteiger charge is -2.41. The Balaban J connectivity index is 2.63. The van der Waals surface area contributed by atoms with Crippen molar-refractivity contribution in [3.8, 4) is 0 Å². The number of fused-ring (bicyclic) bond motifs is 1. The Bertz CT molecular complexity index is 503. The molecule has 96 valence electrons. The van der Waals surface area contributed by atoms with Gasteiger partial charge >= 0.3 is 5.97 Å². The van der Waals surface area contributed by atoms with Crippen LogP contribution in [0, 0.1) is 0 Å². The van der Waals surface area contributed by atoms with Crippen LogP contribution in [0.25, 0.3) is 0 Å². The largest absolute Gasteiger partial charge is 0.479 e. The van der Waals surface area contributed by atoms with E-state index >= 15 is 0 Å². The number of carbonyl (C=O) groups is 2. The smallest absolute Gasteiger partial charge is 0.334 e. The Hall–Kier alpha value is -1.49. The summed E-state index contributed by atoms with van der Waals surface area (Å²) >= 11 is 1.64. The van der Waals surface area contributed by atoms with E-state index in [1.807, 2.05) is 18.2 Å². The number of benzene rings is 1. The number of carboxylic acid groups (broad SMARTS) is 1. The van der Waals surface area contributed by atoms with E-state index in [1.165, 1.54) is 11.8 Å². The number of carboxylic acids is 1. The number of amides is 1. The van der Waals surface area contributed by atoms with Gasteiger partial charge in [-0.25, -0.2) is 4.79 Å². The fourth-order valence-electron chi connectivity index (χ4n) is 2.36. The van der Waals surface area contributed by atoms with Crippen molar-refractivity contribution in [3.05, 3.63) is 29.8 Å². The summed E-state index contributed by atoms with van der Waals surface area (Å²) in [6.07, 6.45) is 0.431. The Morgan fingerprint density at radius 2 is 2.06 bits per heavy atom. The minimum absolute atomic E-state index is 0.237. The molecule has 0 fully saturated rings. The van der Waals surface area contributed by atoms with Crippen LogP contribution < -0.4 is 0 Å². The highest BCUT2D eigenvalue weighted by molar-refractivity contribution is 7.99. The summed E-state index contributed by atoms with van der Waals surface area (Å²) < 4.78 is 0. The molecule has 1 aromatic rings. The summed E-state index contributed by atoms with van der Waals surface area (Å²) in [4.78, 5) is 25.7. The van der Waals surface area contributed by atoms with Gasteiger partial charge in [0.25, 0.3) is 0 Å². The second-order valence-electron chi connectivity index (χ2n) is 4.34. The number of likely N-dealkylation sites (N-methyl/N-ethyl adjacent to an activating group) is 1. The second-order valence-corrected chi connectivity index (χ2v) is 5.47. The monoisotopic (exact) mass is 265 g/mol. The van der Waals surface area contributed by atoms with Crippen molar-refractivity contribution in [2.45, 2.75) is 23.8 Å². The molecule has 0 aliphatic carbocycles. The zero-order valence-electron chi connectivity index (χ0n) is 10.3. The maximum absolute atomic E-state index is 11.8. The first-order chi connectivity index (χ1) is 8.50. The lowest BCUT2D eigenvalue weighted by atomic mass is 9.85. The first-order valence-electron chi connectivity index (χ1n) is 5.70. The van der Waals surface area contributed by atoms with Crippen LogP contribution in [0.15, 0.2) is 29.2 Å². The van der Waals surface area contributed by atoms with Gasteiger partial charge in [-0.15, -0.1) is 11.8 Å². The van der Waals surface area contributed by atoms with Gasteiger partial charge in [0, 0.05) is 30.2 Å². The quantitative estimate of drug-likeness (QED) is 0.888. The maximum atomic E-state index is 11.8. The number of rotatable bonds is 2. The molecule has 0 aromatic heterocycles. The van der Waals surface area contributed by atoms with Crippen LogP contribution in [-0.2, 0) is 15.1 Å². The fraction of sp³-hybridized carbons (Fsp3) is 0.385. The number of aliphatic carboxylic acids is 1. The predicted octanol–water partition coefficient (Wildman–Crippen LogP) is 1.94. The molecule has 1 amide bonds. The van der Waals surface area contributed by atoms with Gasteiger partial charge in [-0.1, -0.05) is 18.2 Å². The molecule has 1 unspecified atom stereocenters. The summed E-state index contributed by atoms with van der Waals surface area (Å²) in [6, 6.07) is 7.41. The third kappa shape index (κ3) is 1.79. The molecule has 1 aliphatic heterocycles. The van der Waals surface area contributed by atoms with Gasteiger partial charge in [0.1, 0.15) is 0 Å². The highest BCUT2D eigenvalue weighted by atomic mass is 32.2. The third-order valence-corrected chi connectivity index (χ3v) is 4.53. The topological polar surface area (TPSA) is 57.6 Å². The van der Waals surface area contributed by atoms with E-state index in [0.29, 0.717) is 17.7 Å². The van der Waals surface area contributed by atoms with E-state index < -0.39 is 11.5 Å². The standard InChI is InChI=1S/C13H15NO3S/c1-9(15)14(2)13(12(16)17)7-8-18-11-6-4-3-5-10(11)13/h3-6H,7-8H2,1-2H3,(H,16,17). The molecular weight excluding hydrogens is 250 g/mol. The summed E-state index contributed by atoms with van der Waals surface area (Å²) in [5.74, 6) is -0.506. The molecule has 1 N–H and O–H groups in total. The molecule has 1 atom stereocenters. The van der Waals surface area contributed by atoms with E-state index in [9.17, 15) is 14.7 Å². The maximum Gasteiger partial charge on any atom is 0.334 e. The van der Waals surface area contributed by atoms with Crippen LogP contribution in [0.2, 0.25) is 0 Å². The van der Waals surface area contributed by atoms with Crippen LogP contribution in [0.3, 0.4) is 0 Å². The number of hydrogen-bond acceptors (Lipinski definition) is 3. The summed E-state index contributed by atoms with van der Waals surface area (Å²) in [5, 5.41) is 9.65. The van der Waals surface area contributed by atoms with Crippen LogP contribution in [0.1, 0.15) is 18.9 Å². The number of hydrogen-bond donors (Lipinski definition) is 1. The van der Waals surface area contributed by atoms with Crippen LogP contribution >= 0.6 is 11.8 Å². The third-order valence-electron chi connectivity index (χ3n) is 3.45. The van der Waals surface area contributed by atoms with E-state index in [0.717, 1.165) is 4.90 Å². The van der Waals surface area contributed by atoms with Crippen molar-refractivity contribution in [2.75, 3.05) is 12.8 Å². The molecule has 18 heavy (non-hydrogen) atoms. The molecule has 5 heteroatoms. The molecule has 0 saturated carbocycles. The number of thioether (sulfide) groups is 1. The lowest BCUT2D eigenvalue weighted by Crippen LogP contribution is -2.53. The SMILES string of the molecule is CC(=O)N(C)C1(C(=O)O)CCSc2ccccc21. The van der Waals surface area contributed by atoms with E-state index in [1.54, 1.807) is 24.9 Å². The van der Waals surface area contributed by atoms with Gasteiger partial charge in [0.15, 0.2) is 5.54 Å². The van der Waals surface area contributed by atoms with E-state index in [4.69, 9.17) is 0 Å². The van der Waals surface area contributed by atoms with E-state index in [-0.39, 0.29) is 5.91 Å². The predicted molar refractivity (Wildman–Crippen MR) is 69.5 cm³/mol. The molecule has 0 spiro atoms. The van der Waals surface area contributed by atoms with Gasteiger partial charge in [0.05, 0.1) is 0 Å². The highest BCUT2D eigenvalue weighted by Gasteiger charge is 2.48. The molecule has 0 saturated heterocycles. The van der Waals surface area contributed by atoms with Crippen LogP contribution in [-0.4, -0.2) is 34.7 Å². The Labute approximate surface area is 110 Å². The van der Waals surface area contributed by atoms with Crippen molar-refractivity contribution in [2.24, 2.45) is 0 Å². The summed E-state index contributed by atoms with van der Waals surface area (Å²) in [7, 11) is 1.56. The Morgan fingerprint density at radius 3 is 2.67 bits per heavy atom. The van der Waals surface area contributed by atoms with Gasteiger partial charge in [0.2, 0.25) is 5.91 Å². The van der Waals surface area contributed by atoms with Crippen molar-refractivity contribution >= 4 is 23.6 Å². The van der Waals surface area contributed by atoms with Crippen LogP contribution in [0.5, 0.6) is 0 Å². The zero-order valence-corrected chi connectivity index (χ0v) is 11.2. The van der Waals surface area contributed by atoms with Crippen LogP contribution in [0.4, 0.5) is 0 Å². The van der Waals surface area contributed by atoms with Crippen molar-refractivity contribution in [3.63, 3.8) is 0 Å². The second kappa shape index (κ2) is 4.65. The van der Waals surface area contributed by atoms with Crippen molar-refractivity contribution < 1.29 is 14.7 Å². The Kier molecular flexibility index (Phi) is 3.34. The normalized spacial score (nSPS) is 22.1. The molecule has 0 radical (unpaired) electrons. The zero-order chi connectivity index (χ0) is 13.3. The first kappa shape index (κ1) is 13.0. The molecular formula is C13H15NO3S. The average Bonchev–Trinajstić information content (AvgIpc) is 2.36. The average molecular weight is 265 g/mol. The number of carbonyl (C=O) groups excluding carboxylic acids is 1. The van der Waals surface area contributed by atoms with Gasteiger partial charge < -0.3 is 10.0 Å². The molecule has 2 rings (SSSR count). The van der Waals surface area contributed by atoms with Gasteiger partial charge in [-0.2, -0.15) is 0 Å². The summed E-state index contributed by atoms with van der Waals surface area (Å²) in [5.41, 5.74) is -0.514. The minimum atomic E-state index is -1.23. The Morgan fingerprint density at radius 1 is 1.39 bits per heavy atom. The molecule has 0 bridgehead atoms. The lowest BCUT2D eigenvalue weighted by molar-refractivity contribution is -0.158. The first-order valence-corrected chi connectivity index (χ1v) is 6.69. The fourth-order valence-corrected chi connectivity index (χ4v) is 3.54. The molecule has 1 heterocycles. The minimum Gasteiger partial charge on any atom is -0.479 e. The molecule has 4 nitrogen and oxygen atoms in total. The summed E-state index contributed by atoms with van der Waals surface area (Å²) in [6.45, 7) is 1.40. The van der Waals surface area contributed by atoms with Gasteiger partial charge in [-0.3, -0.25) is 4.79 Å².